The maximum atomic E-state index is 4.53. The van der Waals surface area contributed by atoms with Gasteiger partial charge in [-0.25, -0.2) is 9.97 Å². The van der Waals surface area contributed by atoms with Gasteiger partial charge in [-0.3, -0.25) is 14.5 Å². The van der Waals surface area contributed by atoms with Gasteiger partial charge >= 0.3 is 0 Å². The van der Waals surface area contributed by atoms with Gasteiger partial charge in [0.1, 0.15) is 12.1 Å². The van der Waals surface area contributed by atoms with Gasteiger partial charge in [-0.05, 0) is 12.8 Å². The summed E-state index contributed by atoms with van der Waals surface area (Å²) in [6.07, 6.45) is 10.8. The molecule has 0 amide bonds. The van der Waals surface area contributed by atoms with Gasteiger partial charge in [0.05, 0.1) is 5.39 Å². The molecule has 0 spiro atoms. The third-order valence-corrected chi connectivity index (χ3v) is 6.53. The first-order valence-electron chi connectivity index (χ1n) is 10.2. The first-order valence-corrected chi connectivity index (χ1v) is 10.2. The van der Waals surface area contributed by atoms with Crippen molar-refractivity contribution in [2.24, 2.45) is 7.05 Å². The third kappa shape index (κ3) is 2.97. The van der Waals surface area contributed by atoms with Crippen LogP contribution < -0.4 is 4.90 Å². The molecular weight excluding hydrogens is 326 g/mol. The molecule has 0 aromatic carbocycles. The fourth-order valence-electron chi connectivity index (χ4n) is 4.96. The molecule has 7 nitrogen and oxygen atoms in total. The van der Waals surface area contributed by atoms with Crippen LogP contribution in [0.5, 0.6) is 0 Å². The van der Waals surface area contributed by atoms with Crippen molar-refractivity contribution < 1.29 is 0 Å². The molecule has 0 radical (unpaired) electrons. The topological polar surface area (TPSA) is 53.3 Å². The second-order valence-electron chi connectivity index (χ2n) is 8.16. The van der Waals surface area contributed by atoms with Crippen molar-refractivity contribution in [2.45, 2.75) is 44.2 Å². The van der Waals surface area contributed by atoms with Gasteiger partial charge in [-0.1, -0.05) is 19.3 Å². The Balaban J connectivity index is 1.17. The van der Waals surface area contributed by atoms with E-state index in [2.05, 4.69) is 29.8 Å². The number of piperazine rings is 1. The molecule has 1 saturated carbocycles. The Morgan fingerprint density at radius 1 is 0.885 bits per heavy atom. The summed E-state index contributed by atoms with van der Waals surface area (Å²) >= 11 is 0. The lowest BCUT2D eigenvalue weighted by Crippen LogP contribution is -2.64. The van der Waals surface area contributed by atoms with Crippen LogP contribution in [0.1, 0.15) is 32.1 Å². The van der Waals surface area contributed by atoms with Crippen molar-refractivity contribution in [2.75, 3.05) is 44.2 Å². The highest BCUT2D eigenvalue weighted by molar-refractivity contribution is 5.86. The first-order chi connectivity index (χ1) is 12.8. The van der Waals surface area contributed by atoms with Crippen molar-refractivity contribution in [1.82, 2.24) is 29.5 Å². The Bertz CT molecular complexity index is 752. The summed E-state index contributed by atoms with van der Waals surface area (Å²) in [5.74, 6) is 1.04. The predicted octanol–water partition coefficient (Wildman–Crippen LogP) is 1.50. The molecule has 5 rings (SSSR count). The van der Waals surface area contributed by atoms with Gasteiger partial charge in [0.2, 0.25) is 0 Å². The van der Waals surface area contributed by atoms with Crippen LogP contribution in [0.4, 0.5) is 5.82 Å². The number of hydrogen-bond donors (Lipinski definition) is 0. The number of rotatable bonds is 3. The minimum atomic E-state index is 0.671. The normalized spacial score (nSPS) is 24.3. The maximum Gasteiger partial charge on any atom is 0.186 e. The van der Waals surface area contributed by atoms with Crippen molar-refractivity contribution in [3.05, 3.63) is 12.5 Å². The molecule has 3 fully saturated rings. The molecule has 7 heteroatoms. The Hall–Kier alpha value is -1.73. The van der Waals surface area contributed by atoms with E-state index in [1.165, 1.54) is 58.3 Å². The van der Waals surface area contributed by atoms with E-state index in [1.54, 1.807) is 6.33 Å². The summed E-state index contributed by atoms with van der Waals surface area (Å²) in [5.41, 5.74) is 0.794. The molecule has 0 N–H and O–H groups in total. The zero-order valence-corrected chi connectivity index (χ0v) is 15.7. The summed E-state index contributed by atoms with van der Waals surface area (Å²) in [4.78, 5) is 16.6. The van der Waals surface area contributed by atoms with Crippen LogP contribution in [-0.2, 0) is 7.05 Å². The van der Waals surface area contributed by atoms with Crippen molar-refractivity contribution in [3.63, 3.8) is 0 Å². The Kier molecular flexibility index (Phi) is 4.29. The molecule has 2 aromatic heterocycles. The average molecular weight is 355 g/mol. The van der Waals surface area contributed by atoms with Crippen molar-refractivity contribution >= 4 is 16.9 Å². The molecular formula is C19H29N7. The number of anilines is 1. The Morgan fingerprint density at radius 3 is 2.31 bits per heavy atom. The molecule has 26 heavy (non-hydrogen) atoms. The molecule has 2 saturated heterocycles. The highest BCUT2D eigenvalue weighted by Gasteiger charge is 2.36. The van der Waals surface area contributed by atoms with E-state index in [1.807, 2.05) is 17.9 Å². The number of aryl methyl sites for hydroxylation is 1. The van der Waals surface area contributed by atoms with Crippen LogP contribution in [-0.4, -0.2) is 80.9 Å². The highest BCUT2D eigenvalue weighted by atomic mass is 15.4. The molecule has 140 valence electrons. The SMILES string of the molecule is Cn1cc2c(N3CC(N4CCN(C5CCCCC5)CC4)C3)ncnc2n1. The monoisotopic (exact) mass is 355 g/mol. The molecule has 0 bridgehead atoms. The van der Waals surface area contributed by atoms with Gasteiger partial charge in [-0.2, -0.15) is 5.10 Å². The summed E-state index contributed by atoms with van der Waals surface area (Å²) in [5, 5.41) is 5.46. The van der Waals surface area contributed by atoms with E-state index in [9.17, 15) is 0 Å². The quantitative estimate of drug-likeness (QED) is 0.832. The smallest absolute Gasteiger partial charge is 0.186 e. The minimum absolute atomic E-state index is 0.671. The van der Waals surface area contributed by atoms with Gasteiger partial charge in [0.25, 0.3) is 0 Å². The lowest BCUT2D eigenvalue weighted by atomic mass is 9.93. The minimum Gasteiger partial charge on any atom is -0.353 e. The predicted molar refractivity (Wildman–Crippen MR) is 102 cm³/mol. The van der Waals surface area contributed by atoms with Crippen LogP contribution >= 0.6 is 0 Å². The molecule has 1 aliphatic carbocycles. The lowest BCUT2D eigenvalue weighted by molar-refractivity contribution is 0.0487. The number of aromatic nitrogens is 4. The maximum absolute atomic E-state index is 4.53. The Labute approximate surface area is 155 Å². The van der Waals surface area contributed by atoms with E-state index in [-0.39, 0.29) is 0 Å². The van der Waals surface area contributed by atoms with Crippen molar-refractivity contribution in [1.29, 1.82) is 0 Å². The first kappa shape index (κ1) is 16.4. The molecule has 3 aliphatic rings. The molecule has 2 aromatic rings. The van der Waals surface area contributed by atoms with E-state index in [0.717, 1.165) is 36.0 Å². The van der Waals surface area contributed by atoms with Crippen LogP contribution in [0.3, 0.4) is 0 Å². The third-order valence-electron chi connectivity index (χ3n) is 6.53. The van der Waals surface area contributed by atoms with Crippen molar-refractivity contribution in [3.8, 4) is 0 Å². The molecule has 0 atom stereocenters. The zero-order chi connectivity index (χ0) is 17.5. The van der Waals surface area contributed by atoms with E-state index < -0.39 is 0 Å². The molecule has 4 heterocycles. The van der Waals surface area contributed by atoms with Crippen LogP contribution in [0, 0.1) is 0 Å². The average Bonchev–Trinajstić information content (AvgIpc) is 3.03. The fraction of sp³-hybridized carbons (Fsp3) is 0.737. The summed E-state index contributed by atoms with van der Waals surface area (Å²) in [6, 6.07) is 1.54. The van der Waals surface area contributed by atoms with Gasteiger partial charge < -0.3 is 4.90 Å². The molecule has 0 unspecified atom stereocenters. The summed E-state index contributed by atoms with van der Waals surface area (Å²) in [6.45, 7) is 7.10. The molecule has 2 aliphatic heterocycles. The second kappa shape index (κ2) is 6.78. The Morgan fingerprint density at radius 2 is 1.58 bits per heavy atom. The van der Waals surface area contributed by atoms with Gasteiger partial charge in [-0.15, -0.1) is 0 Å². The summed E-state index contributed by atoms with van der Waals surface area (Å²) in [7, 11) is 1.94. The van der Waals surface area contributed by atoms with E-state index in [0.29, 0.717) is 6.04 Å². The van der Waals surface area contributed by atoms with Crippen LogP contribution in [0.2, 0.25) is 0 Å². The number of nitrogens with zero attached hydrogens (tertiary/aromatic N) is 7. The second-order valence-corrected chi connectivity index (χ2v) is 8.16. The van der Waals surface area contributed by atoms with Crippen LogP contribution in [0.15, 0.2) is 12.5 Å². The van der Waals surface area contributed by atoms with Gasteiger partial charge in [0.15, 0.2) is 5.65 Å². The largest absolute Gasteiger partial charge is 0.353 e. The van der Waals surface area contributed by atoms with E-state index in [4.69, 9.17) is 0 Å². The fourth-order valence-corrected chi connectivity index (χ4v) is 4.96. The standard InChI is InChI=1S/C19H29N7/c1-23-13-17-18(22-23)20-14-21-19(17)26-11-16(12-26)25-9-7-24(8-10-25)15-5-3-2-4-6-15/h13-16H,2-12H2,1H3. The van der Waals surface area contributed by atoms with Crippen LogP contribution in [0.25, 0.3) is 11.0 Å². The highest BCUT2D eigenvalue weighted by Crippen LogP contribution is 2.29. The lowest BCUT2D eigenvalue weighted by Gasteiger charge is -2.49. The van der Waals surface area contributed by atoms with Gasteiger partial charge in [0, 0.05) is 64.6 Å². The number of fused-ring (bicyclic) bond motifs is 1. The number of hydrogen-bond acceptors (Lipinski definition) is 6. The zero-order valence-electron chi connectivity index (χ0n) is 15.7. The van der Waals surface area contributed by atoms with E-state index >= 15 is 0 Å². The summed E-state index contributed by atoms with van der Waals surface area (Å²) < 4.78 is 1.82.